The van der Waals surface area contributed by atoms with Crippen LogP contribution in [0.5, 0.6) is 5.75 Å². The number of likely N-dealkylation sites (tertiary alicyclic amines) is 1. The number of benzene rings is 2. The number of carbonyl (C=O) groups is 1. The van der Waals surface area contributed by atoms with Gasteiger partial charge in [0.15, 0.2) is 0 Å². The predicted octanol–water partition coefficient (Wildman–Crippen LogP) is 5.67. The van der Waals surface area contributed by atoms with E-state index in [2.05, 4.69) is 10.3 Å². The molecule has 1 fully saturated rings. The van der Waals surface area contributed by atoms with Gasteiger partial charge in [-0.25, -0.2) is 0 Å². The van der Waals surface area contributed by atoms with Gasteiger partial charge in [0.1, 0.15) is 5.75 Å². The molecule has 0 saturated carbocycles. The number of carbonyl (C=O) groups excluding carboxylic acids is 1. The van der Waals surface area contributed by atoms with Gasteiger partial charge in [0.25, 0.3) is 0 Å². The molecule has 0 bridgehead atoms. The number of fused-ring (bicyclic) bond motifs is 1. The zero-order valence-corrected chi connectivity index (χ0v) is 18.2. The molecule has 1 saturated heterocycles. The van der Waals surface area contributed by atoms with Crippen LogP contribution >= 0.6 is 11.6 Å². The number of rotatable bonds is 5. The van der Waals surface area contributed by atoms with Crippen LogP contribution < -0.4 is 10.1 Å². The number of aromatic nitrogens is 1. The van der Waals surface area contributed by atoms with Crippen molar-refractivity contribution < 1.29 is 22.7 Å². The average Bonchev–Trinajstić information content (AvgIpc) is 3.18. The van der Waals surface area contributed by atoms with Crippen LogP contribution in [0.4, 0.5) is 18.9 Å². The van der Waals surface area contributed by atoms with Crippen LogP contribution in [-0.2, 0) is 11.0 Å². The first-order valence-corrected chi connectivity index (χ1v) is 10.7. The molecule has 5 nitrogen and oxygen atoms in total. The summed E-state index contributed by atoms with van der Waals surface area (Å²) in [6, 6.07) is 9.36. The average molecular weight is 466 g/mol. The molecule has 3 aromatic rings. The van der Waals surface area contributed by atoms with Gasteiger partial charge in [0.05, 0.1) is 29.9 Å². The van der Waals surface area contributed by atoms with Crippen molar-refractivity contribution in [3.63, 3.8) is 0 Å². The van der Waals surface area contributed by atoms with Gasteiger partial charge in [0, 0.05) is 17.1 Å². The van der Waals surface area contributed by atoms with E-state index >= 15 is 0 Å². The standard InChI is InChI=1S/C23H23ClF3N3O2/c1-32-15-5-6-20-16(11-15)17(12-28-20)14-7-9-30(10-8-14)13-21(31)29-22-18(23(25,26)27)3-2-4-19(22)24/h2-6,11-12,14,28H,7-10,13H2,1H3,(H,29,31). The smallest absolute Gasteiger partial charge is 0.418 e. The van der Waals surface area contributed by atoms with E-state index in [4.69, 9.17) is 16.3 Å². The zero-order valence-electron chi connectivity index (χ0n) is 17.4. The second-order valence-corrected chi connectivity index (χ2v) is 8.32. The maximum Gasteiger partial charge on any atom is 0.418 e. The van der Waals surface area contributed by atoms with Crippen molar-refractivity contribution in [2.45, 2.75) is 24.9 Å². The van der Waals surface area contributed by atoms with E-state index in [0.717, 1.165) is 35.6 Å². The van der Waals surface area contributed by atoms with Gasteiger partial charge in [-0.2, -0.15) is 13.2 Å². The van der Waals surface area contributed by atoms with Crippen LogP contribution in [0.25, 0.3) is 10.9 Å². The molecular weight excluding hydrogens is 443 g/mol. The Morgan fingerprint density at radius 3 is 2.69 bits per heavy atom. The molecule has 2 aromatic carbocycles. The van der Waals surface area contributed by atoms with E-state index in [1.165, 1.54) is 17.7 Å². The van der Waals surface area contributed by atoms with Crippen LogP contribution in [-0.4, -0.2) is 42.5 Å². The number of aromatic amines is 1. The second kappa shape index (κ2) is 9.03. The van der Waals surface area contributed by atoms with Gasteiger partial charge in [-0.15, -0.1) is 0 Å². The van der Waals surface area contributed by atoms with Crippen molar-refractivity contribution in [1.82, 2.24) is 9.88 Å². The Labute approximate surface area is 188 Å². The number of hydrogen-bond donors (Lipinski definition) is 2. The molecule has 1 aromatic heterocycles. The largest absolute Gasteiger partial charge is 0.497 e. The third-order valence-electron chi connectivity index (χ3n) is 5.90. The van der Waals surface area contributed by atoms with Crippen LogP contribution in [0, 0.1) is 0 Å². The van der Waals surface area contributed by atoms with Gasteiger partial charge in [0.2, 0.25) is 5.91 Å². The number of H-pyrrole nitrogens is 1. The summed E-state index contributed by atoms with van der Waals surface area (Å²) in [4.78, 5) is 17.7. The Balaban J connectivity index is 1.39. The minimum absolute atomic E-state index is 0.0109. The first-order chi connectivity index (χ1) is 15.3. The van der Waals surface area contributed by atoms with E-state index in [1.54, 1.807) is 7.11 Å². The maximum atomic E-state index is 13.2. The summed E-state index contributed by atoms with van der Waals surface area (Å²) < 4.78 is 45.1. The van der Waals surface area contributed by atoms with Crippen LogP contribution in [0.3, 0.4) is 0 Å². The van der Waals surface area contributed by atoms with Gasteiger partial charge in [-0.05, 0) is 67.7 Å². The lowest BCUT2D eigenvalue weighted by atomic mass is 9.89. The molecule has 4 rings (SSSR count). The Bertz CT molecular complexity index is 1120. The lowest BCUT2D eigenvalue weighted by Crippen LogP contribution is -2.39. The minimum Gasteiger partial charge on any atom is -0.497 e. The van der Waals surface area contributed by atoms with Crippen molar-refractivity contribution in [1.29, 1.82) is 0 Å². The number of ether oxygens (including phenoxy) is 1. The maximum absolute atomic E-state index is 13.2. The van der Waals surface area contributed by atoms with E-state index < -0.39 is 23.3 Å². The number of piperidine rings is 1. The molecule has 2 N–H and O–H groups in total. The lowest BCUT2D eigenvalue weighted by Gasteiger charge is -2.31. The molecule has 1 aliphatic rings. The van der Waals surface area contributed by atoms with Crippen LogP contribution in [0.15, 0.2) is 42.6 Å². The quantitative estimate of drug-likeness (QED) is 0.510. The molecule has 0 radical (unpaired) electrons. The number of para-hydroxylation sites is 1. The normalized spacial score (nSPS) is 15.8. The number of anilines is 1. The summed E-state index contributed by atoms with van der Waals surface area (Å²) in [7, 11) is 1.64. The SMILES string of the molecule is COc1ccc2[nH]cc(C3CCN(CC(=O)Nc4c(Cl)cccc4C(F)(F)F)CC3)c2c1. The summed E-state index contributed by atoms with van der Waals surface area (Å²) >= 11 is 5.93. The van der Waals surface area contributed by atoms with Crippen molar-refractivity contribution in [2.24, 2.45) is 0 Å². The van der Waals surface area contributed by atoms with Gasteiger partial charge in [-0.3, -0.25) is 9.69 Å². The monoisotopic (exact) mass is 465 g/mol. The van der Waals surface area contributed by atoms with E-state index in [-0.39, 0.29) is 11.6 Å². The molecule has 0 aliphatic carbocycles. The van der Waals surface area contributed by atoms with E-state index in [9.17, 15) is 18.0 Å². The fraction of sp³-hybridized carbons (Fsp3) is 0.348. The van der Waals surface area contributed by atoms with Gasteiger partial charge >= 0.3 is 6.18 Å². The zero-order chi connectivity index (χ0) is 22.9. The third kappa shape index (κ3) is 4.71. The van der Waals surface area contributed by atoms with E-state index in [1.807, 2.05) is 29.3 Å². The number of methoxy groups -OCH3 is 1. The highest BCUT2D eigenvalue weighted by Crippen LogP contribution is 2.39. The van der Waals surface area contributed by atoms with Crippen LogP contribution in [0.1, 0.15) is 29.9 Å². The molecule has 2 heterocycles. The minimum atomic E-state index is -4.60. The number of nitrogens with one attached hydrogen (secondary N) is 2. The van der Waals surface area contributed by atoms with E-state index in [0.29, 0.717) is 19.0 Å². The topological polar surface area (TPSA) is 57.4 Å². The second-order valence-electron chi connectivity index (χ2n) is 7.91. The summed E-state index contributed by atoms with van der Waals surface area (Å²) in [5, 5.41) is 3.34. The molecule has 170 valence electrons. The molecule has 0 atom stereocenters. The van der Waals surface area contributed by atoms with Gasteiger partial charge < -0.3 is 15.0 Å². The van der Waals surface area contributed by atoms with Crippen molar-refractivity contribution in [2.75, 3.05) is 32.1 Å². The number of halogens is 4. The van der Waals surface area contributed by atoms with Crippen molar-refractivity contribution in [3.05, 3.63) is 58.7 Å². The highest BCUT2D eigenvalue weighted by molar-refractivity contribution is 6.34. The number of amides is 1. The Morgan fingerprint density at radius 1 is 1.25 bits per heavy atom. The Hall–Kier alpha value is -2.71. The molecular formula is C23H23ClF3N3O2. The number of alkyl halides is 3. The molecule has 1 amide bonds. The first-order valence-electron chi connectivity index (χ1n) is 10.3. The molecule has 32 heavy (non-hydrogen) atoms. The summed E-state index contributed by atoms with van der Waals surface area (Å²) in [5.41, 5.74) is 0.915. The van der Waals surface area contributed by atoms with Crippen molar-refractivity contribution in [3.8, 4) is 5.75 Å². The highest BCUT2D eigenvalue weighted by Gasteiger charge is 2.35. The predicted molar refractivity (Wildman–Crippen MR) is 118 cm³/mol. The fourth-order valence-electron chi connectivity index (χ4n) is 4.26. The van der Waals surface area contributed by atoms with Gasteiger partial charge in [-0.1, -0.05) is 17.7 Å². The molecule has 9 heteroatoms. The highest BCUT2D eigenvalue weighted by atomic mass is 35.5. The first kappa shape index (κ1) is 22.5. The third-order valence-corrected chi connectivity index (χ3v) is 6.21. The molecule has 1 aliphatic heterocycles. The molecule has 0 unspecified atom stereocenters. The fourth-order valence-corrected chi connectivity index (χ4v) is 4.48. The summed E-state index contributed by atoms with van der Waals surface area (Å²) in [5.74, 6) is 0.611. The number of hydrogen-bond acceptors (Lipinski definition) is 3. The summed E-state index contributed by atoms with van der Waals surface area (Å²) in [6.45, 7) is 1.35. The Morgan fingerprint density at radius 2 is 2.00 bits per heavy atom. The van der Waals surface area contributed by atoms with Crippen LogP contribution in [0.2, 0.25) is 5.02 Å². The Kier molecular flexibility index (Phi) is 6.35. The van der Waals surface area contributed by atoms with Crippen molar-refractivity contribution >= 4 is 34.1 Å². The molecule has 0 spiro atoms. The lowest BCUT2D eigenvalue weighted by molar-refractivity contribution is -0.137. The number of nitrogens with zero attached hydrogens (tertiary/aromatic N) is 1. The summed E-state index contributed by atoms with van der Waals surface area (Å²) in [6.07, 6.45) is -0.893.